The molecule has 4 nitrogen and oxygen atoms in total. The van der Waals surface area contributed by atoms with Crippen molar-refractivity contribution in [1.29, 1.82) is 0 Å². The summed E-state index contributed by atoms with van der Waals surface area (Å²) in [4.78, 5) is 15.5. The van der Waals surface area contributed by atoms with E-state index in [9.17, 15) is 4.79 Å². The Bertz CT molecular complexity index is 605. The molecule has 1 aromatic heterocycles. The summed E-state index contributed by atoms with van der Waals surface area (Å²) in [5.41, 5.74) is 0.329. The Balaban J connectivity index is 2.54. The van der Waals surface area contributed by atoms with Gasteiger partial charge in [-0.3, -0.25) is 4.98 Å². The van der Waals surface area contributed by atoms with Crippen molar-refractivity contribution in [3.8, 4) is 5.75 Å². The van der Waals surface area contributed by atoms with E-state index < -0.39 is 11.6 Å². The van der Waals surface area contributed by atoms with E-state index >= 15 is 0 Å². The van der Waals surface area contributed by atoms with Gasteiger partial charge in [-0.25, -0.2) is 4.79 Å². The van der Waals surface area contributed by atoms with Crippen LogP contribution in [-0.4, -0.2) is 21.7 Å². The van der Waals surface area contributed by atoms with Gasteiger partial charge in [0.2, 0.25) is 0 Å². The second-order valence-electron chi connectivity index (χ2n) is 4.70. The summed E-state index contributed by atoms with van der Waals surface area (Å²) in [5, 5.41) is 9.92. The highest BCUT2D eigenvalue weighted by Gasteiger charge is 2.30. The summed E-state index contributed by atoms with van der Waals surface area (Å²) in [6.07, 6.45) is 0. The van der Waals surface area contributed by atoms with Crippen LogP contribution in [-0.2, 0) is 4.79 Å². The number of fused-ring (bicyclic) bond motifs is 1. The summed E-state index contributed by atoms with van der Waals surface area (Å²) in [7, 11) is 0. The Morgan fingerprint density at radius 2 is 2.00 bits per heavy atom. The number of aliphatic carboxylic acids is 1. The van der Waals surface area contributed by atoms with E-state index in [1.54, 1.807) is 6.07 Å². The molecule has 0 aliphatic rings. The zero-order valence-corrected chi connectivity index (χ0v) is 10.6. The van der Waals surface area contributed by atoms with Crippen molar-refractivity contribution < 1.29 is 14.6 Å². The van der Waals surface area contributed by atoms with Crippen LogP contribution in [0.4, 0.5) is 0 Å². The number of ether oxygens (including phenoxy) is 1. The third kappa shape index (κ3) is 2.27. The summed E-state index contributed by atoms with van der Waals surface area (Å²) in [6, 6.07) is 9.27. The average molecular weight is 245 g/mol. The molecular formula is C14H15NO3. The topological polar surface area (TPSA) is 59.4 Å². The summed E-state index contributed by atoms with van der Waals surface area (Å²) in [6.45, 7) is 4.91. The van der Waals surface area contributed by atoms with E-state index in [0.29, 0.717) is 5.75 Å². The molecule has 0 saturated carbocycles. The van der Waals surface area contributed by atoms with E-state index in [2.05, 4.69) is 4.98 Å². The second-order valence-corrected chi connectivity index (χ2v) is 4.70. The van der Waals surface area contributed by atoms with Crippen molar-refractivity contribution in [3.63, 3.8) is 0 Å². The molecule has 1 heterocycles. The van der Waals surface area contributed by atoms with Gasteiger partial charge in [-0.05, 0) is 32.9 Å². The number of benzene rings is 1. The van der Waals surface area contributed by atoms with Crippen LogP contribution < -0.4 is 4.74 Å². The highest BCUT2D eigenvalue weighted by molar-refractivity contribution is 5.86. The standard InChI is InChI=1S/C14H15NO3/c1-9-8-12(18-14(2,3)13(16)17)10-6-4-5-7-11(10)15-9/h4-8H,1-3H3,(H,16,17). The van der Waals surface area contributed by atoms with Crippen molar-refractivity contribution in [2.45, 2.75) is 26.4 Å². The highest BCUT2D eigenvalue weighted by Crippen LogP contribution is 2.28. The van der Waals surface area contributed by atoms with Gasteiger partial charge >= 0.3 is 5.97 Å². The van der Waals surface area contributed by atoms with E-state index in [1.165, 1.54) is 13.8 Å². The van der Waals surface area contributed by atoms with Crippen LogP contribution in [0, 0.1) is 6.92 Å². The number of pyridine rings is 1. The van der Waals surface area contributed by atoms with E-state index in [4.69, 9.17) is 9.84 Å². The Kier molecular flexibility index (Phi) is 2.95. The minimum Gasteiger partial charge on any atom is -0.478 e. The summed E-state index contributed by atoms with van der Waals surface area (Å²) >= 11 is 0. The number of hydrogen-bond donors (Lipinski definition) is 1. The third-order valence-electron chi connectivity index (χ3n) is 2.69. The zero-order chi connectivity index (χ0) is 13.3. The fourth-order valence-electron chi connectivity index (χ4n) is 1.67. The smallest absolute Gasteiger partial charge is 0.347 e. The first-order valence-electron chi connectivity index (χ1n) is 5.69. The largest absolute Gasteiger partial charge is 0.478 e. The molecule has 1 N–H and O–H groups in total. The van der Waals surface area contributed by atoms with Gasteiger partial charge in [0, 0.05) is 17.1 Å². The molecule has 2 aromatic rings. The molecule has 0 fully saturated rings. The number of carboxylic acid groups (broad SMARTS) is 1. The van der Waals surface area contributed by atoms with E-state index in [1.807, 2.05) is 31.2 Å². The molecule has 0 unspecified atom stereocenters. The molecule has 0 atom stereocenters. The van der Waals surface area contributed by atoms with Gasteiger partial charge in [0.25, 0.3) is 0 Å². The van der Waals surface area contributed by atoms with Gasteiger partial charge in [0.05, 0.1) is 5.52 Å². The zero-order valence-electron chi connectivity index (χ0n) is 10.6. The van der Waals surface area contributed by atoms with Crippen LogP contribution in [0.15, 0.2) is 30.3 Å². The van der Waals surface area contributed by atoms with Crippen LogP contribution in [0.1, 0.15) is 19.5 Å². The maximum Gasteiger partial charge on any atom is 0.347 e. The van der Waals surface area contributed by atoms with Crippen molar-refractivity contribution in [2.75, 3.05) is 0 Å². The van der Waals surface area contributed by atoms with Gasteiger partial charge in [-0.1, -0.05) is 12.1 Å². The Hall–Kier alpha value is -2.10. The molecule has 1 aromatic carbocycles. The highest BCUT2D eigenvalue weighted by atomic mass is 16.5. The van der Waals surface area contributed by atoms with Crippen LogP contribution >= 0.6 is 0 Å². The fraction of sp³-hybridized carbons (Fsp3) is 0.286. The monoisotopic (exact) mass is 245 g/mol. The van der Waals surface area contributed by atoms with Crippen LogP contribution in [0.2, 0.25) is 0 Å². The van der Waals surface area contributed by atoms with Gasteiger partial charge in [-0.2, -0.15) is 0 Å². The molecule has 0 bridgehead atoms. The van der Waals surface area contributed by atoms with Crippen LogP contribution in [0.3, 0.4) is 0 Å². The number of hydrogen-bond acceptors (Lipinski definition) is 3. The molecule has 0 amide bonds. The van der Waals surface area contributed by atoms with Crippen molar-refractivity contribution in [1.82, 2.24) is 4.98 Å². The predicted octanol–water partition coefficient (Wildman–Crippen LogP) is 2.79. The first kappa shape index (κ1) is 12.4. The van der Waals surface area contributed by atoms with E-state index in [-0.39, 0.29) is 0 Å². The minimum absolute atomic E-state index is 0.547. The van der Waals surface area contributed by atoms with Gasteiger partial charge in [0.15, 0.2) is 5.60 Å². The number of carbonyl (C=O) groups is 1. The van der Waals surface area contributed by atoms with Gasteiger partial charge in [-0.15, -0.1) is 0 Å². The summed E-state index contributed by atoms with van der Waals surface area (Å²) < 4.78 is 5.62. The quantitative estimate of drug-likeness (QED) is 0.903. The molecule has 18 heavy (non-hydrogen) atoms. The van der Waals surface area contributed by atoms with Crippen LogP contribution in [0.5, 0.6) is 5.75 Å². The molecule has 94 valence electrons. The first-order valence-corrected chi connectivity index (χ1v) is 5.69. The normalized spacial score (nSPS) is 11.5. The Morgan fingerprint density at radius 1 is 1.33 bits per heavy atom. The molecule has 0 radical (unpaired) electrons. The third-order valence-corrected chi connectivity index (χ3v) is 2.69. The maximum atomic E-state index is 11.1. The Labute approximate surface area is 105 Å². The number of nitrogens with zero attached hydrogens (tertiary/aromatic N) is 1. The molecule has 0 spiro atoms. The lowest BCUT2D eigenvalue weighted by molar-refractivity contribution is -0.152. The van der Waals surface area contributed by atoms with Crippen molar-refractivity contribution in [2.24, 2.45) is 0 Å². The number of rotatable bonds is 3. The van der Waals surface area contributed by atoms with Crippen molar-refractivity contribution >= 4 is 16.9 Å². The SMILES string of the molecule is Cc1cc(OC(C)(C)C(=O)O)c2ccccc2n1. The number of aryl methyl sites for hydroxylation is 1. The van der Waals surface area contributed by atoms with Crippen molar-refractivity contribution in [3.05, 3.63) is 36.0 Å². The minimum atomic E-state index is -1.27. The van der Waals surface area contributed by atoms with Gasteiger partial charge in [0.1, 0.15) is 5.75 Å². The van der Waals surface area contributed by atoms with Gasteiger partial charge < -0.3 is 9.84 Å². The Morgan fingerprint density at radius 3 is 2.67 bits per heavy atom. The average Bonchev–Trinajstić information content (AvgIpc) is 2.28. The predicted molar refractivity (Wildman–Crippen MR) is 68.8 cm³/mol. The second kappa shape index (κ2) is 4.29. The molecular weight excluding hydrogens is 230 g/mol. The van der Waals surface area contributed by atoms with E-state index in [0.717, 1.165) is 16.6 Å². The van der Waals surface area contributed by atoms with Crippen LogP contribution in [0.25, 0.3) is 10.9 Å². The number of aromatic nitrogens is 1. The lowest BCUT2D eigenvalue weighted by atomic mass is 10.1. The molecule has 2 rings (SSSR count). The molecule has 0 saturated heterocycles. The molecule has 0 aliphatic heterocycles. The molecule has 4 heteroatoms. The first-order chi connectivity index (χ1) is 8.40. The lowest BCUT2D eigenvalue weighted by Gasteiger charge is -2.22. The maximum absolute atomic E-state index is 11.1. The number of carboxylic acids is 1. The lowest BCUT2D eigenvalue weighted by Crippen LogP contribution is -2.37. The number of para-hydroxylation sites is 1. The molecule has 0 aliphatic carbocycles. The summed E-state index contributed by atoms with van der Waals surface area (Å²) in [5.74, 6) is -0.452. The fourth-order valence-corrected chi connectivity index (χ4v) is 1.67.